The number of carboxylic acid groups (broad SMARTS) is 1. The fourth-order valence-corrected chi connectivity index (χ4v) is 3.58. The van der Waals surface area contributed by atoms with Crippen LogP contribution in [0.25, 0.3) is 10.8 Å². The van der Waals surface area contributed by atoms with Gasteiger partial charge in [0.2, 0.25) is 0 Å². The predicted octanol–water partition coefficient (Wildman–Crippen LogP) is 0.476. The van der Waals surface area contributed by atoms with Crippen molar-refractivity contribution in [3.05, 3.63) is 60.4 Å². The van der Waals surface area contributed by atoms with Crippen LogP contribution in [0, 0.1) is 11.3 Å². The summed E-state index contributed by atoms with van der Waals surface area (Å²) in [5.74, 6) is -0.344. The van der Waals surface area contributed by atoms with Crippen molar-refractivity contribution in [2.45, 2.75) is 17.7 Å². The average molecular weight is 385 g/mol. The van der Waals surface area contributed by atoms with E-state index in [9.17, 15) is 15.2 Å². The summed E-state index contributed by atoms with van der Waals surface area (Å²) in [7, 11) is 0. The summed E-state index contributed by atoms with van der Waals surface area (Å²) < 4.78 is 0. The number of hydrogen-bond acceptors (Lipinski definition) is 6. The Morgan fingerprint density at radius 1 is 1.15 bits per heavy atom. The van der Waals surface area contributed by atoms with Crippen LogP contribution in [0.4, 0.5) is 11.4 Å². The maximum atomic E-state index is 10.5. The fourth-order valence-electron chi connectivity index (χ4n) is 2.65. The van der Waals surface area contributed by atoms with Crippen LogP contribution >= 0.6 is 11.8 Å². The topological polar surface area (TPSA) is 88.8 Å². The van der Waals surface area contributed by atoms with Crippen molar-refractivity contribution in [3.63, 3.8) is 0 Å². The van der Waals surface area contributed by atoms with Crippen molar-refractivity contribution >= 4 is 39.9 Å². The van der Waals surface area contributed by atoms with E-state index in [4.69, 9.17) is 0 Å². The number of nitriles is 1. The number of aliphatic carboxylic acids is 1. The van der Waals surface area contributed by atoms with E-state index < -0.39 is 5.97 Å². The molecule has 0 saturated heterocycles. The van der Waals surface area contributed by atoms with Gasteiger partial charge in [-0.1, -0.05) is 24.3 Å². The van der Waals surface area contributed by atoms with E-state index in [-0.39, 0.29) is 36.0 Å². The molecule has 0 saturated carbocycles. The van der Waals surface area contributed by atoms with E-state index in [2.05, 4.69) is 16.4 Å². The van der Waals surface area contributed by atoms with Gasteiger partial charge in [0.1, 0.15) is 0 Å². The molecule has 0 spiro atoms. The van der Waals surface area contributed by atoms with E-state index in [1.165, 1.54) is 0 Å². The molecule has 7 heteroatoms. The summed E-state index contributed by atoms with van der Waals surface area (Å²) in [5.41, 5.74) is 2.37. The van der Waals surface area contributed by atoms with E-state index in [0.717, 1.165) is 27.0 Å². The van der Waals surface area contributed by atoms with Crippen LogP contribution < -0.4 is 40.0 Å². The maximum absolute atomic E-state index is 10.5. The number of thioether (sulfide) groups is 1. The first-order chi connectivity index (χ1) is 12.7. The van der Waals surface area contributed by atoms with Gasteiger partial charge in [-0.3, -0.25) is 4.98 Å². The van der Waals surface area contributed by atoms with Gasteiger partial charge in [-0.25, -0.2) is 0 Å². The number of carbonyl (C=O) groups excluding carboxylic acids is 1. The fraction of sp³-hybridized carbons (Fsp3) is 0.150. The van der Waals surface area contributed by atoms with Gasteiger partial charge in [-0.05, 0) is 36.8 Å². The van der Waals surface area contributed by atoms with E-state index in [0.29, 0.717) is 17.7 Å². The third kappa shape index (κ3) is 5.47. The van der Waals surface area contributed by atoms with Gasteiger partial charge in [0, 0.05) is 33.5 Å². The number of benzene rings is 2. The van der Waals surface area contributed by atoms with Crippen molar-refractivity contribution in [1.29, 1.82) is 5.26 Å². The van der Waals surface area contributed by atoms with Crippen LogP contribution in [0.5, 0.6) is 0 Å². The van der Waals surface area contributed by atoms with Crippen LogP contribution in [0.3, 0.4) is 0 Å². The molecule has 0 aliphatic heterocycles. The Bertz CT molecular complexity index is 988. The third-order valence-corrected chi connectivity index (χ3v) is 5.04. The third-order valence-electron chi connectivity index (χ3n) is 3.88. The minimum Gasteiger partial charge on any atom is -0.550 e. The molecule has 5 nitrogen and oxygen atoms in total. The number of pyridine rings is 1. The minimum absolute atomic E-state index is 0. The molecule has 130 valence electrons. The summed E-state index contributed by atoms with van der Waals surface area (Å²) >= 11 is 1.58. The molecule has 0 bridgehead atoms. The molecule has 0 fully saturated rings. The zero-order valence-corrected chi connectivity index (χ0v) is 17.8. The van der Waals surface area contributed by atoms with E-state index in [1.54, 1.807) is 30.2 Å². The van der Waals surface area contributed by atoms with Crippen LogP contribution in [0.15, 0.2) is 59.8 Å². The first kappa shape index (κ1) is 21.3. The molecular formula is C20H16N3NaO2S. The van der Waals surface area contributed by atoms with Crippen molar-refractivity contribution in [3.8, 4) is 6.07 Å². The summed E-state index contributed by atoms with van der Waals surface area (Å²) in [6, 6.07) is 15.6. The van der Waals surface area contributed by atoms with Crippen LogP contribution in [0.1, 0.15) is 18.4 Å². The SMILES string of the molecule is N#Cc1ccc(Nc2cnccc2SCCCC(=O)[O-])c2ccccc12.[Na+]. The second kappa shape index (κ2) is 10.3. The molecule has 0 unspecified atom stereocenters. The Hall–Kier alpha value is -2.04. The number of nitrogens with one attached hydrogen (secondary N) is 1. The quantitative estimate of drug-likeness (QED) is 0.361. The number of carboxylic acids is 1. The second-order valence-corrected chi connectivity index (χ2v) is 6.78. The molecule has 0 aliphatic carbocycles. The van der Waals surface area contributed by atoms with Gasteiger partial charge in [-0.2, -0.15) is 5.26 Å². The molecule has 0 radical (unpaired) electrons. The number of rotatable bonds is 7. The Morgan fingerprint density at radius 2 is 1.93 bits per heavy atom. The predicted molar refractivity (Wildman–Crippen MR) is 101 cm³/mol. The maximum Gasteiger partial charge on any atom is 1.00 e. The first-order valence-electron chi connectivity index (χ1n) is 8.14. The largest absolute Gasteiger partial charge is 1.00 e. The molecule has 0 aliphatic rings. The second-order valence-electron chi connectivity index (χ2n) is 5.64. The van der Waals surface area contributed by atoms with Crippen LogP contribution in [-0.4, -0.2) is 16.7 Å². The number of fused-ring (bicyclic) bond motifs is 1. The summed E-state index contributed by atoms with van der Waals surface area (Å²) in [5, 5.41) is 25.1. The molecule has 0 atom stereocenters. The molecule has 0 amide bonds. The van der Waals surface area contributed by atoms with E-state index in [1.807, 2.05) is 36.4 Å². The van der Waals surface area contributed by atoms with Crippen molar-refractivity contribution < 1.29 is 39.5 Å². The summed E-state index contributed by atoms with van der Waals surface area (Å²) in [4.78, 5) is 15.7. The number of hydrogen-bond donors (Lipinski definition) is 1. The molecule has 2 aromatic carbocycles. The van der Waals surface area contributed by atoms with Crippen molar-refractivity contribution in [1.82, 2.24) is 4.98 Å². The van der Waals surface area contributed by atoms with Crippen molar-refractivity contribution in [2.24, 2.45) is 0 Å². The molecule has 27 heavy (non-hydrogen) atoms. The van der Waals surface area contributed by atoms with E-state index >= 15 is 0 Å². The number of anilines is 2. The smallest absolute Gasteiger partial charge is 0.550 e. The van der Waals surface area contributed by atoms with Gasteiger partial charge in [0.25, 0.3) is 0 Å². The summed E-state index contributed by atoms with van der Waals surface area (Å²) in [6.45, 7) is 0. The Labute approximate surface area is 184 Å². The van der Waals surface area contributed by atoms with Gasteiger partial charge < -0.3 is 15.2 Å². The normalized spacial score (nSPS) is 10.0. The zero-order chi connectivity index (χ0) is 18.4. The number of nitrogens with zero attached hydrogens (tertiary/aromatic N) is 2. The monoisotopic (exact) mass is 385 g/mol. The molecule has 1 heterocycles. The summed E-state index contributed by atoms with van der Waals surface area (Å²) in [6.07, 6.45) is 4.06. The van der Waals surface area contributed by atoms with Gasteiger partial charge in [0.15, 0.2) is 0 Å². The van der Waals surface area contributed by atoms with Gasteiger partial charge in [0.05, 0.1) is 23.5 Å². The minimum atomic E-state index is -1.03. The van der Waals surface area contributed by atoms with Crippen LogP contribution in [0.2, 0.25) is 0 Å². The molecule has 1 N–H and O–H groups in total. The average Bonchev–Trinajstić information content (AvgIpc) is 2.66. The van der Waals surface area contributed by atoms with Crippen LogP contribution in [-0.2, 0) is 4.79 Å². The molecule has 1 aromatic heterocycles. The van der Waals surface area contributed by atoms with Gasteiger partial charge >= 0.3 is 29.6 Å². The molecular weight excluding hydrogens is 369 g/mol. The molecule has 3 rings (SSSR count). The number of carbonyl (C=O) groups is 1. The van der Waals surface area contributed by atoms with Crippen molar-refractivity contribution in [2.75, 3.05) is 11.1 Å². The van der Waals surface area contributed by atoms with Gasteiger partial charge in [-0.15, -0.1) is 11.8 Å². The Balaban J connectivity index is 0.00000261. The standard InChI is InChI=1S/C20H17N3O2S.Na/c21-12-14-7-8-17(16-5-2-1-4-15(14)16)23-18-13-22-10-9-19(18)26-11-3-6-20(24)25;/h1-2,4-5,7-10,13,23H,3,6,11H2,(H,24,25);/q;+1/p-1. The Morgan fingerprint density at radius 3 is 2.67 bits per heavy atom. The molecule has 3 aromatic rings. The first-order valence-corrected chi connectivity index (χ1v) is 9.13. The zero-order valence-electron chi connectivity index (χ0n) is 14.9. The number of aromatic nitrogens is 1. The Kier molecular flexibility index (Phi) is 8.14.